The van der Waals surface area contributed by atoms with Crippen molar-refractivity contribution in [3.63, 3.8) is 0 Å². The zero-order chi connectivity index (χ0) is 15.2. The van der Waals surface area contributed by atoms with E-state index < -0.39 is 11.9 Å². The lowest BCUT2D eigenvalue weighted by atomic mass is 9.92. The van der Waals surface area contributed by atoms with Crippen molar-refractivity contribution in [1.29, 1.82) is 0 Å². The maximum Gasteiger partial charge on any atom is 0.310 e. The Kier molecular flexibility index (Phi) is 4.93. The average molecular weight is 288 g/mol. The van der Waals surface area contributed by atoms with E-state index in [2.05, 4.69) is 0 Å². The number of benzene rings is 2. The lowest BCUT2D eigenvalue weighted by Crippen LogP contribution is -2.12. The summed E-state index contributed by atoms with van der Waals surface area (Å²) in [7, 11) is 1.59. The van der Waals surface area contributed by atoms with Crippen LogP contribution in [0.3, 0.4) is 0 Å². The molecule has 4 heteroatoms. The van der Waals surface area contributed by atoms with Crippen molar-refractivity contribution >= 4 is 5.97 Å². The number of rotatable bonds is 6. The smallest absolute Gasteiger partial charge is 0.310 e. The number of carboxylic acid groups (broad SMARTS) is 1. The van der Waals surface area contributed by atoms with Gasteiger partial charge < -0.3 is 9.84 Å². The van der Waals surface area contributed by atoms with Crippen molar-refractivity contribution < 1.29 is 19.0 Å². The number of aryl methyl sites for hydroxylation is 1. The number of ether oxygens (including phenoxy) is 1. The summed E-state index contributed by atoms with van der Waals surface area (Å²) in [5.74, 6) is -1.15. The van der Waals surface area contributed by atoms with E-state index in [0.29, 0.717) is 18.4 Å². The molecular weight excluding hydrogens is 271 g/mol. The summed E-state index contributed by atoms with van der Waals surface area (Å²) in [4.78, 5) is 11.4. The first-order chi connectivity index (χ1) is 10.1. The lowest BCUT2D eigenvalue weighted by molar-refractivity contribution is -0.138. The van der Waals surface area contributed by atoms with Gasteiger partial charge in [-0.05, 0) is 48.2 Å². The van der Waals surface area contributed by atoms with E-state index in [4.69, 9.17) is 4.74 Å². The van der Waals surface area contributed by atoms with Crippen LogP contribution >= 0.6 is 0 Å². The quantitative estimate of drug-likeness (QED) is 0.882. The summed E-state index contributed by atoms with van der Waals surface area (Å²) >= 11 is 0. The Hall–Kier alpha value is -2.36. The highest BCUT2D eigenvalue weighted by Crippen LogP contribution is 2.23. The van der Waals surface area contributed by atoms with Crippen LogP contribution < -0.4 is 4.74 Å². The van der Waals surface area contributed by atoms with Gasteiger partial charge in [-0.15, -0.1) is 0 Å². The number of halogens is 1. The Morgan fingerprint density at radius 2 is 1.95 bits per heavy atom. The number of carboxylic acids is 1. The fraction of sp³-hybridized carbons (Fsp3) is 0.235. The molecule has 0 radical (unpaired) electrons. The summed E-state index contributed by atoms with van der Waals surface area (Å²) in [5, 5.41) is 9.36. The van der Waals surface area contributed by atoms with Crippen molar-refractivity contribution in [2.75, 3.05) is 7.11 Å². The maximum atomic E-state index is 12.9. The molecule has 21 heavy (non-hydrogen) atoms. The van der Waals surface area contributed by atoms with E-state index in [9.17, 15) is 14.3 Å². The first-order valence-electron chi connectivity index (χ1n) is 6.71. The summed E-state index contributed by atoms with van der Waals surface area (Å²) in [5.41, 5.74) is 1.63. The zero-order valence-corrected chi connectivity index (χ0v) is 11.8. The number of hydrogen-bond acceptors (Lipinski definition) is 2. The molecule has 2 aromatic rings. The summed E-state index contributed by atoms with van der Waals surface area (Å²) in [6, 6.07) is 13.2. The Morgan fingerprint density at radius 1 is 1.24 bits per heavy atom. The predicted octanol–water partition coefficient (Wildman–Crippen LogP) is 3.64. The van der Waals surface area contributed by atoms with E-state index in [1.807, 2.05) is 24.3 Å². The third kappa shape index (κ3) is 4.05. The molecule has 1 unspecified atom stereocenters. The average Bonchev–Trinajstić information content (AvgIpc) is 2.49. The molecule has 0 aromatic heterocycles. The molecule has 0 aliphatic rings. The molecule has 1 N–H and O–H groups in total. The molecule has 0 aliphatic heterocycles. The second-order valence-corrected chi connectivity index (χ2v) is 4.83. The standard InChI is InChI=1S/C17H17FO3/c1-21-15-4-2-3-12(11-15)5-10-16(17(19)20)13-6-8-14(18)9-7-13/h2-4,6-9,11,16H,5,10H2,1H3,(H,19,20). The fourth-order valence-corrected chi connectivity index (χ4v) is 2.27. The van der Waals surface area contributed by atoms with Gasteiger partial charge in [0, 0.05) is 0 Å². The van der Waals surface area contributed by atoms with Gasteiger partial charge in [-0.25, -0.2) is 4.39 Å². The Labute approximate surface area is 123 Å². The minimum Gasteiger partial charge on any atom is -0.497 e. The van der Waals surface area contributed by atoms with Crippen LogP contribution in [0, 0.1) is 5.82 Å². The molecule has 0 saturated heterocycles. The second kappa shape index (κ2) is 6.88. The third-order valence-corrected chi connectivity index (χ3v) is 3.43. The van der Waals surface area contributed by atoms with Crippen molar-refractivity contribution in [2.45, 2.75) is 18.8 Å². The zero-order valence-electron chi connectivity index (χ0n) is 11.8. The van der Waals surface area contributed by atoms with Crippen LogP contribution in [0.25, 0.3) is 0 Å². The first kappa shape index (κ1) is 15.0. The highest BCUT2D eigenvalue weighted by molar-refractivity contribution is 5.76. The van der Waals surface area contributed by atoms with Crippen LogP contribution in [0.4, 0.5) is 4.39 Å². The number of methoxy groups -OCH3 is 1. The van der Waals surface area contributed by atoms with Crippen LogP contribution in [0.1, 0.15) is 23.5 Å². The molecule has 0 bridgehead atoms. The summed E-state index contributed by atoms with van der Waals surface area (Å²) < 4.78 is 18.1. The number of carbonyl (C=O) groups is 1. The fourth-order valence-electron chi connectivity index (χ4n) is 2.27. The van der Waals surface area contributed by atoms with Gasteiger partial charge in [0.25, 0.3) is 0 Å². The molecule has 0 spiro atoms. The maximum absolute atomic E-state index is 12.9. The number of hydrogen-bond donors (Lipinski definition) is 1. The monoisotopic (exact) mass is 288 g/mol. The molecule has 2 rings (SSSR count). The predicted molar refractivity (Wildman–Crippen MR) is 78.1 cm³/mol. The molecule has 2 aromatic carbocycles. The molecule has 0 saturated carbocycles. The summed E-state index contributed by atoms with van der Waals surface area (Å²) in [6.45, 7) is 0. The second-order valence-electron chi connectivity index (χ2n) is 4.83. The SMILES string of the molecule is COc1cccc(CCC(C(=O)O)c2ccc(F)cc2)c1. The highest BCUT2D eigenvalue weighted by Gasteiger charge is 2.19. The molecular formula is C17H17FO3. The van der Waals surface area contributed by atoms with Gasteiger partial charge in [0.05, 0.1) is 13.0 Å². The van der Waals surface area contributed by atoms with Crippen LogP contribution in [0.2, 0.25) is 0 Å². The van der Waals surface area contributed by atoms with E-state index in [1.54, 1.807) is 7.11 Å². The molecule has 0 fully saturated rings. The third-order valence-electron chi connectivity index (χ3n) is 3.43. The van der Waals surface area contributed by atoms with E-state index >= 15 is 0 Å². The minimum absolute atomic E-state index is 0.365. The van der Waals surface area contributed by atoms with Crippen LogP contribution in [0.15, 0.2) is 48.5 Å². The Morgan fingerprint density at radius 3 is 2.57 bits per heavy atom. The van der Waals surface area contributed by atoms with Crippen molar-refractivity contribution in [3.8, 4) is 5.75 Å². The number of aliphatic carboxylic acids is 1. The largest absolute Gasteiger partial charge is 0.497 e. The molecule has 0 amide bonds. The van der Waals surface area contributed by atoms with Gasteiger partial charge in [0.2, 0.25) is 0 Å². The van der Waals surface area contributed by atoms with Crippen molar-refractivity contribution in [2.24, 2.45) is 0 Å². The van der Waals surface area contributed by atoms with Gasteiger partial charge in [-0.1, -0.05) is 24.3 Å². The molecule has 110 valence electrons. The van der Waals surface area contributed by atoms with E-state index in [-0.39, 0.29) is 5.82 Å². The first-order valence-corrected chi connectivity index (χ1v) is 6.71. The van der Waals surface area contributed by atoms with Gasteiger partial charge in [0.1, 0.15) is 11.6 Å². The van der Waals surface area contributed by atoms with Crippen LogP contribution in [0.5, 0.6) is 5.75 Å². The van der Waals surface area contributed by atoms with Gasteiger partial charge in [-0.2, -0.15) is 0 Å². The summed E-state index contributed by atoms with van der Waals surface area (Å²) in [6.07, 6.45) is 1.07. The molecule has 0 heterocycles. The molecule has 0 aliphatic carbocycles. The van der Waals surface area contributed by atoms with Crippen LogP contribution in [-0.2, 0) is 11.2 Å². The highest BCUT2D eigenvalue weighted by atomic mass is 19.1. The van der Waals surface area contributed by atoms with E-state index in [1.165, 1.54) is 24.3 Å². The van der Waals surface area contributed by atoms with Crippen molar-refractivity contribution in [1.82, 2.24) is 0 Å². The van der Waals surface area contributed by atoms with Gasteiger partial charge in [-0.3, -0.25) is 4.79 Å². The van der Waals surface area contributed by atoms with Crippen molar-refractivity contribution in [3.05, 3.63) is 65.5 Å². The normalized spacial score (nSPS) is 11.9. The van der Waals surface area contributed by atoms with Crippen LogP contribution in [-0.4, -0.2) is 18.2 Å². The van der Waals surface area contributed by atoms with Gasteiger partial charge >= 0.3 is 5.97 Å². The Bertz CT molecular complexity index is 608. The molecule has 1 atom stereocenters. The topological polar surface area (TPSA) is 46.5 Å². The lowest BCUT2D eigenvalue weighted by Gasteiger charge is -2.13. The Balaban J connectivity index is 2.10. The minimum atomic E-state index is -0.899. The van der Waals surface area contributed by atoms with E-state index in [0.717, 1.165) is 11.3 Å². The molecule has 3 nitrogen and oxygen atoms in total. The van der Waals surface area contributed by atoms with Gasteiger partial charge in [0.15, 0.2) is 0 Å².